The van der Waals surface area contributed by atoms with E-state index in [0.29, 0.717) is 11.8 Å². The molecule has 2 rings (SSSR count). The zero-order valence-corrected chi connectivity index (χ0v) is 10.3. The Morgan fingerprint density at radius 1 is 1.28 bits per heavy atom. The van der Waals surface area contributed by atoms with Crippen molar-refractivity contribution < 1.29 is 17.9 Å². The van der Waals surface area contributed by atoms with Gasteiger partial charge in [-0.2, -0.15) is 13.2 Å². The summed E-state index contributed by atoms with van der Waals surface area (Å²) in [4.78, 5) is 0. The molecule has 0 saturated heterocycles. The van der Waals surface area contributed by atoms with Crippen LogP contribution in [-0.4, -0.2) is 10.3 Å². The van der Waals surface area contributed by atoms with Gasteiger partial charge in [-0.15, -0.1) is 4.68 Å². The van der Waals surface area contributed by atoms with Crippen molar-refractivity contribution in [1.29, 1.82) is 0 Å². The van der Waals surface area contributed by atoms with Crippen LogP contribution in [0.25, 0.3) is 10.9 Å². The minimum absolute atomic E-state index is 0.0718. The molecule has 0 bridgehead atoms. The van der Waals surface area contributed by atoms with Crippen molar-refractivity contribution in [3.05, 3.63) is 29.0 Å². The zero-order valence-electron chi connectivity index (χ0n) is 10.3. The molecule has 0 aliphatic heterocycles. The van der Waals surface area contributed by atoms with Gasteiger partial charge in [0.1, 0.15) is 23.5 Å². The van der Waals surface area contributed by atoms with Gasteiger partial charge >= 0.3 is 6.18 Å². The summed E-state index contributed by atoms with van der Waals surface area (Å²) >= 11 is 0. The lowest BCUT2D eigenvalue weighted by Gasteiger charge is -2.10. The van der Waals surface area contributed by atoms with Crippen LogP contribution in [0.4, 0.5) is 13.2 Å². The quantitative estimate of drug-likeness (QED) is 0.733. The van der Waals surface area contributed by atoms with Gasteiger partial charge in [0.15, 0.2) is 0 Å². The highest BCUT2D eigenvalue weighted by molar-refractivity contribution is 5.84. The van der Waals surface area contributed by atoms with Crippen LogP contribution < -0.4 is 4.68 Å². The molecule has 1 aromatic heterocycles. The van der Waals surface area contributed by atoms with E-state index in [1.54, 1.807) is 13.1 Å². The minimum atomic E-state index is -4.41. The van der Waals surface area contributed by atoms with Crippen LogP contribution in [0.2, 0.25) is 0 Å². The highest BCUT2D eigenvalue weighted by Crippen LogP contribution is 2.36. The number of aromatic nitrogens is 3. The second-order valence-electron chi connectivity index (χ2n) is 4.16. The van der Waals surface area contributed by atoms with Crippen LogP contribution in [0, 0.1) is 6.92 Å². The Morgan fingerprint density at radius 3 is 2.50 bits per heavy atom. The van der Waals surface area contributed by atoms with Crippen molar-refractivity contribution in [3.8, 4) is 0 Å². The van der Waals surface area contributed by atoms with Gasteiger partial charge in [-0.1, -0.05) is 13.0 Å². The molecule has 0 atom stereocenters. The van der Waals surface area contributed by atoms with Crippen LogP contribution in [0.3, 0.4) is 0 Å². The molecular formula is C12H13F3N3+. The number of nitrogens with zero attached hydrogens (tertiary/aromatic N) is 3. The highest BCUT2D eigenvalue weighted by atomic mass is 19.4. The predicted molar refractivity (Wildman–Crippen MR) is 59.8 cm³/mol. The summed E-state index contributed by atoms with van der Waals surface area (Å²) in [7, 11) is 1.68. The van der Waals surface area contributed by atoms with E-state index in [4.69, 9.17) is 0 Å². The summed E-state index contributed by atoms with van der Waals surface area (Å²) in [5.74, 6) is 0. The molecular weight excluding hydrogens is 243 g/mol. The molecule has 0 spiro atoms. The molecule has 0 fully saturated rings. The lowest BCUT2D eigenvalue weighted by Crippen LogP contribution is -2.39. The summed E-state index contributed by atoms with van der Waals surface area (Å²) < 4.78 is 40.6. The van der Waals surface area contributed by atoms with Crippen LogP contribution in [0.1, 0.15) is 23.7 Å². The van der Waals surface area contributed by atoms with Gasteiger partial charge in [0.2, 0.25) is 5.52 Å². The third-order valence-corrected chi connectivity index (χ3v) is 2.99. The number of benzene rings is 1. The van der Waals surface area contributed by atoms with E-state index in [1.165, 1.54) is 17.7 Å². The lowest BCUT2D eigenvalue weighted by molar-refractivity contribution is -0.741. The van der Waals surface area contributed by atoms with Gasteiger partial charge in [0.25, 0.3) is 0 Å². The Bertz CT molecular complexity index is 606. The van der Waals surface area contributed by atoms with Crippen LogP contribution in [0.15, 0.2) is 12.1 Å². The number of hydrogen-bond donors (Lipinski definition) is 0. The van der Waals surface area contributed by atoms with Crippen molar-refractivity contribution in [3.63, 3.8) is 0 Å². The maximum Gasteiger partial charge on any atom is 0.421 e. The highest BCUT2D eigenvalue weighted by Gasteiger charge is 2.38. The smallest absolute Gasteiger partial charge is 0.166 e. The van der Waals surface area contributed by atoms with E-state index in [1.807, 2.05) is 6.92 Å². The number of rotatable bonds is 1. The summed E-state index contributed by atoms with van der Waals surface area (Å²) in [5, 5.41) is 7.98. The number of fused-ring (bicyclic) bond motifs is 1. The molecule has 0 amide bonds. The zero-order chi connectivity index (χ0) is 13.5. The molecule has 3 nitrogen and oxygen atoms in total. The van der Waals surface area contributed by atoms with E-state index in [2.05, 4.69) is 10.3 Å². The van der Waals surface area contributed by atoms with Gasteiger partial charge in [0.05, 0.1) is 10.5 Å². The monoisotopic (exact) mass is 256 g/mol. The second-order valence-corrected chi connectivity index (χ2v) is 4.16. The first-order valence-electron chi connectivity index (χ1n) is 5.58. The van der Waals surface area contributed by atoms with Gasteiger partial charge < -0.3 is 0 Å². The standard InChI is InChI=1S/C12H13F3N3/c1-4-9-8-6-5-7(2)10(12(13,14)15)11(8)16-17-18(9)3/h5-6H,4H2,1-3H3/q+1. The molecule has 0 N–H and O–H groups in total. The van der Waals surface area contributed by atoms with E-state index in [0.717, 1.165) is 5.69 Å². The molecule has 6 heteroatoms. The molecule has 96 valence electrons. The molecule has 18 heavy (non-hydrogen) atoms. The topological polar surface area (TPSA) is 29.7 Å². The minimum Gasteiger partial charge on any atom is -0.166 e. The normalized spacial score (nSPS) is 12.1. The van der Waals surface area contributed by atoms with E-state index >= 15 is 0 Å². The fourth-order valence-corrected chi connectivity index (χ4v) is 2.15. The molecule has 0 saturated carbocycles. The van der Waals surface area contributed by atoms with E-state index in [-0.39, 0.29) is 11.1 Å². The molecule has 0 radical (unpaired) electrons. The van der Waals surface area contributed by atoms with Crippen molar-refractivity contribution >= 4 is 10.9 Å². The maximum absolute atomic E-state index is 13.0. The number of halogens is 3. The fraction of sp³-hybridized carbons (Fsp3) is 0.417. The molecule has 1 heterocycles. The Balaban J connectivity index is 2.92. The summed E-state index contributed by atoms with van der Waals surface area (Å²) in [6, 6.07) is 3.15. The largest absolute Gasteiger partial charge is 0.421 e. The average Bonchev–Trinajstić information content (AvgIpc) is 2.27. The van der Waals surface area contributed by atoms with E-state index in [9.17, 15) is 13.2 Å². The SMILES string of the molecule is CCc1c2ccc(C)c(C(F)(F)F)c2nn[n+]1C. The van der Waals surface area contributed by atoms with Crippen molar-refractivity contribution in [2.24, 2.45) is 7.05 Å². The van der Waals surface area contributed by atoms with Gasteiger partial charge in [-0.3, -0.25) is 0 Å². The van der Waals surface area contributed by atoms with Gasteiger partial charge in [-0.05, 0) is 18.6 Å². The maximum atomic E-state index is 13.0. The molecule has 0 aliphatic carbocycles. The first kappa shape index (κ1) is 12.7. The van der Waals surface area contributed by atoms with Crippen molar-refractivity contribution in [1.82, 2.24) is 10.3 Å². The van der Waals surface area contributed by atoms with Crippen LogP contribution >= 0.6 is 0 Å². The second kappa shape index (κ2) is 4.19. The van der Waals surface area contributed by atoms with E-state index < -0.39 is 11.7 Å². The third kappa shape index (κ3) is 1.91. The molecule has 2 aromatic rings. The summed E-state index contributed by atoms with van der Waals surface area (Å²) in [6.07, 6.45) is -3.81. The Kier molecular flexibility index (Phi) is 2.96. The predicted octanol–water partition coefficient (Wildman–Crippen LogP) is 2.34. The number of hydrogen-bond acceptors (Lipinski definition) is 2. The first-order valence-corrected chi connectivity index (χ1v) is 5.58. The van der Waals surface area contributed by atoms with Gasteiger partial charge in [0, 0.05) is 6.42 Å². The number of aryl methyl sites for hydroxylation is 3. The fourth-order valence-electron chi connectivity index (χ4n) is 2.15. The summed E-state index contributed by atoms with van der Waals surface area (Å²) in [5.41, 5.74) is 0.144. The van der Waals surface area contributed by atoms with Crippen LogP contribution in [0.5, 0.6) is 0 Å². The Morgan fingerprint density at radius 2 is 1.94 bits per heavy atom. The number of alkyl halides is 3. The van der Waals surface area contributed by atoms with Crippen molar-refractivity contribution in [2.75, 3.05) is 0 Å². The van der Waals surface area contributed by atoms with Crippen LogP contribution in [-0.2, 0) is 19.6 Å². The molecule has 0 aliphatic rings. The van der Waals surface area contributed by atoms with Crippen molar-refractivity contribution in [2.45, 2.75) is 26.4 Å². The summed E-state index contributed by atoms with van der Waals surface area (Å²) in [6.45, 7) is 3.31. The Hall–Kier alpha value is -1.72. The lowest BCUT2D eigenvalue weighted by atomic mass is 10.0. The molecule has 0 unspecified atom stereocenters. The third-order valence-electron chi connectivity index (χ3n) is 2.99. The molecule has 1 aromatic carbocycles. The Labute approximate surface area is 102 Å². The first-order chi connectivity index (χ1) is 8.36. The average molecular weight is 256 g/mol. The van der Waals surface area contributed by atoms with Gasteiger partial charge in [-0.25, -0.2) is 0 Å².